The van der Waals surface area contributed by atoms with Gasteiger partial charge in [0.05, 0.1) is 14.2 Å². The maximum absolute atomic E-state index is 12.4. The average molecular weight is 374 g/mol. The van der Waals surface area contributed by atoms with Crippen molar-refractivity contribution in [2.24, 2.45) is 0 Å². The third-order valence-electron chi connectivity index (χ3n) is 4.79. The molecule has 1 aromatic heterocycles. The van der Waals surface area contributed by atoms with Crippen LogP contribution in [0.2, 0.25) is 0 Å². The fraction of sp³-hybridized carbons (Fsp3) is 0.450. The van der Waals surface area contributed by atoms with E-state index in [1.807, 2.05) is 0 Å². The number of ether oxygens (including phenoxy) is 3. The highest BCUT2D eigenvalue weighted by Crippen LogP contribution is 2.33. The highest BCUT2D eigenvalue weighted by molar-refractivity contribution is 5.87. The number of rotatable bonds is 6. The van der Waals surface area contributed by atoms with Crippen LogP contribution in [0.15, 0.2) is 21.3 Å². The fourth-order valence-corrected chi connectivity index (χ4v) is 3.46. The molecule has 0 unspecified atom stereocenters. The van der Waals surface area contributed by atoms with Crippen LogP contribution in [0, 0.1) is 0 Å². The topological polar surface area (TPSA) is 92.0 Å². The van der Waals surface area contributed by atoms with Crippen LogP contribution in [0.1, 0.15) is 36.0 Å². The molecule has 7 nitrogen and oxygen atoms in total. The lowest BCUT2D eigenvalue weighted by Gasteiger charge is -2.19. The van der Waals surface area contributed by atoms with E-state index in [1.54, 1.807) is 12.1 Å². The minimum atomic E-state index is -0.516. The Bertz CT molecular complexity index is 926. The first-order chi connectivity index (χ1) is 13.0. The molecular formula is C20H22O7. The zero-order valence-electron chi connectivity index (χ0n) is 15.5. The quantitative estimate of drug-likeness (QED) is 0.566. The highest BCUT2D eigenvalue weighted by atomic mass is 16.6. The van der Waals surface area contributed by atoms with E-state index in [9.17, 15) is 14.4 Å². The molecule has 1 aliphatic rings. The Morgan fingerprint density at radius 2 is 1.74 bits per heavy atom. The normalized spacial score (nSPS) is 13.1. The van der Waals surface area contributed by atoms with Crippen molar-refractivity contribution in [1.29, 1.82) is 0 Å². The molecular weight excluding hydrogens is 352 g/mol. The molecule has 0 fully saturated rings. The van der Waals surface area contributed by atoms with Gasteiger partial charge in [-0.3, -0.25) is 4.79 Å². The summed E-state index contributed by atoms with van der Waals surface area (Å²) in [6.45, 7) is -0.256. The molecule has 1 aromatic carbocycles. The van der Waals surface area contributed by atoms with Gasteiger partial charge in [0.2, 0.25) is 0 Å². The van der Waals surface area contributed by atoms with E-state index in [-0.39, 0.29) is 24.6 Å². The summed E-state index contributed by atoms with van der Waals surface area (Å²) in [4.78, 5) is 35.3. The molecule has 0 spiro atoms. The molecule has 0 saturated carbocycles. The smallest absolute Gasteiger partial charge is 0.343 e. The van der Waals surface area contributed by atoms with Crippen molar-refractivity contribution in [3.05, 3.63) is 39.2 Å². The molecule has 0 N–H and O–H groups in total. The van der Waals surface area contributed by atoms with Crippen LogP contribution in [0.4, 0.5) is 0 Å². The van der Waals surface area contributed by atoms with Gasteiger partial charge < -0.3 is 18.6 Å². The fourth-order valence-electron chi connectivity index (χ4n) is 3.46. The van der Waals surface area contributed by atoms with Crippen LogP contribution in [0.25, 0.3) is 11.0 Å². The Balaban J connectivity index is 2.08. The van der Waals surface area contributed by atoms with Gasteiger partial charge in [-0.05, 0) is 49.3 Å². The number of hydrogen-bond donors (Lipinski definition) is 0. The zero-order valence-corrected chi connectivity index (χ0v) is 15.5. The summed E-state index contributed by atoms with van der Waals surface area (Å²) in [7, 11) is 2.62. The first kappa shape index (κ1) is 18.9. The Morgan fingerprint density at radius 1 is 1.04 bits per heavy atom. The summed E-state index contributed by atoms with van der Waals surface area (Å²) in [6.07, 6.45) is 4.07. The number of fused-ring (bicyclic) bond motifs is 3. The van der Waals surface area contributed by atoms with E-state index >= 15 is 0 Å². The summed E-state index contributed by atoms with van der Waals surface area (Å²) >= 11 is 0. The van der Waals surface area contributed by atoms with Gasteiger partial charge in [-0.2, -0.15) is 0 Å². The van der Waals surface area contributed by atoms with Crippen molar-refractivity contribution in [3.63, 3.8) is 0 Å². The lowest BCUT2D eigenvalue weighted by molar-refractivity contribution is -0.143. The lowest BCUT2D eigenvalue weighted by atomic mass is 9.88. The first-order valence-corrected chi connectivity index (χ1v) is 8.91. The monoisotopic (exact) mass is 374 g/mol. The molecule has 144 valence electrons. The van der Waals surface area contributed by atoms with Crippen molar-refractivity contribution in [2.45, 2.75) is 38.5 Å². The van der Waals surface area contributed by atoms with E-state index in [2.05, 4.69) is 4.74 Å². The largest absolute Gasteiger partial charge is 0.482 e. The minimum Gasteiger partial charge on any atom is -0.482 e. The van der Waals surface area contributed by atoms with E-state index in [0.717, 1.165) is 41.3 Å². The van der Waals surface area contributed by atoms with Gasteiger partial charge in [0.1, 0.15) is 11.3 Å². The average Bonchev–Trinajstić information content (AvgIpc) is 2.69. The standard InChI is InChI=1S/C20H22O7/c1-24-17(21)8-7-12-9-13(26-11-18(22)25-2)10-16-19(12)14-5-3-4-6-15(14)20(23)27-16/h9-10H,3-8,11H2,1-2H3. The molecule has 7 heteroatoms. The summed E-state index contributed by atoms with van der Waals surface area (Å²) in [5.74, 6) is -0.458. The van der Waals surface area contributed by atoms with E-state index in [4.69, 9.17) is 13.9 Å². The summed E-state index contributed by atoms with van der Waals surface area (Å²) in [5.41, 5.74) is 2.62. The van der Waals surface area contributed by atoms with Gasteiger partial charge in [-0.15, -0.1) is 0 Å². The molecule has 27 heavy (non-hydrogen) atoms. The van der Waals surface area contributed by atoms with Gasteiger partial charge in [0.25, 0.3) is 0 Å². The second kappa shape index (κ2) is 8.24. The molecule has 0 bridgehead atoms. The maximum Gasteiger partial charge on any atom is 0.343 e. The summed E-state index contributed by atoms with van der Waals surface area (Å²) in [6, 6.07) is 3.39. The van der Waals surface area contributed by atoms with Gasteiger partial charge in [-0.25, -0.2) is 9.59 Å². The molecule has 0 radical (unpaired) electrons. The number of aryl methyl sites for hydroxylation is 2. The van der Waals surface area contributed by atoms with Crippen molar-refractivity contribution in [2.75, 3.05) is 20.8 Å². The van der Waals surface area contributed by atoms with Gasteiger partial charge in [0, 0.05) is 23.4 Å². The number of methoxy groups -OCH3 is 2. The third kappa shape index (κ3) is 4.13. The Morgan fingerprint density at radius 3 is 2.44 bits per heavy atom. The minimum absolute atomic E-state index is 0.194. The molecule has 0 saturated heterocycles. The molecule has 1 aliphatic carbocycles. The number of benzene rings is 1. The SMILES string of the molecule is COC(=O)CCc1cc(OCC(=O)OC)cc2oc(=O)c3c(c12)CCCC3. The van der Waals surface area contributed by atoms with Crippen LogP contribution >= 0.6 is 0 Å². The number of carbonyl (C=O) groups is 2. The zero-order chi connectivity index (χ0) is 19.4. The van der Waals surface area contributed by atoms with Crippen LogP contribution in [0.3, 0.4) is 0 Å². The van der Waals surface area contributed by atoms with E-state index < -0.39 is 5.97 Å². The van der Waals surface area contributed by atoms with Crippen LogP contribution in [-0.4, -0.2) is 32.8 Å². The molecule has 1 heterocycles. The Kier molecular flexibility index (Phi) is 5.78. The second-order valence-electron chi connectivity index (χ2n) is 6.45. The lowest BCUT2D eigenvalue weighted by Crippen LogP contribution is -2.17. The number of hydrogen-bond acceptors (Lipinski definition) is 7. The number of esters is 2. The molecule has 0 aliphatic heterocycles. The van der Waals surface area contributed by atoms with Gasteiger partial charge in [0.15, 0.2) is 6.61 Å². The van der Waals surface area contributed by atoms with Crippen molar-refractivity contribution in [3.8, 4) is 5.75 Å². The summed E-state index contributed by atoms with van der Waals surface area (Å²) in [5, 5.41) is 0.860. The maximum atomic E-state index is 12.4. The van der Waals surface area contributed by atoms with Crippen molar-refractivity contribution < 1.29 is 28.2 Å². The molecule has 0 amide bonds. The predicted octanol–water partition coefficient (Wildman–Crippen LogP) is 2.33. The van der Waals surface area contributed by atoms with Crippen LogP contribution in [-0.2, 0) is 38.3 Å². The summed E-state index contributed by atoms with van der Waals surface area (Å²) < 4.78 is 20.3. The highest BCUT2D eigenvalue weighted by Gasteiger charge is 2.21. The van der Waals surface area contributed by atoms with Gasteiger partial charge >= 0.3 is 17.6 Å². The van der Waals surface area contributed by atoms with Crippen molar-refractivity contribution in [1.82, 2.24) is 0 Å². The van der Waals surface area contributed by atoms with Gasteiger partial charge in [-0.1, -0.05) is 0 Å². The Hall–Kier alpha value is -2.83. The predicted molar refractivity (Wildman–Crippen MR) is 97.0 cm³/mol. The molecule has 0 atom stereocenters. The second-order valence-corrected chi connectivity index (χ2v) is 6.45. The van der Waals surface area contributed by atoms with Crippen LogP contribution in [0.5, 0.6) is 5.75 Å². The Labute approximate surface area is 156 Å². The van der Waals surface area contributed by atoms with Crippen molar-refractivity contribution >= 4 is 22.9 Å². The first-order valence-electron chi connectivity index (χ1n) is 8.91. The molecule has 2 aromatic rings. The third-order valence-corrected chi connectivity index (χ3v) is 4.79. The van der Waals surface area contributed by atoms with Crippen LogP contribution < -0.4 is 10.4 Å². The molecule has 3 rings (SSSR count). The van der Waals surface area contributed by atoms with E-state index in [1.165, 1.54) is 14.2 Å². The number of carbonyl (C=O) groups excluding carboxylic acids is 2. The van der Waals surface area contributed by atoms with E-state index in [0.29, 0.717) is 24.2 Å².